The Kier molecular flexibility index (Phi) is 4.13. The van der Waals surface area contributed by atoms with Crippen molar-refractivity contribution in [3.8, 4) is 0 Å². The van der Waals surface area contributed by atoms with Crippen molar-refractivity contribution >= 4 is 33.6 Å². The van der Waals surface area contributed by atoms with Crippen LogP contribution in [0.15, 0.2) is 0 Å². The molecular weight excluding hydrogens is 245 g/mol. The average molecular weight is 253 g/mol. The van der Waals surface area contributed by atoms with E-state index in [0.29, 0.717) is 0 Å². The van der Waals surface area contributed by atoms with Gasteiger partial charge in [0.1, 0.15) is 10.1 Å². The zero-order valence-electron chi connectivity index (χ0n) is 8.43. The molecule has 0 bridgehead atoms. The fraction of sp³-hybridized carbons (Fsp3) is 0.375. The van der Waals surface area contributed by atoms with Crippen molar-refractivity contribution in [1.82, 2.24) is 4.98 Å². The maximum atomic E-state index is 10.8. The van der Waals surface area contributed by atoms with Crippen LogP contribution in [0.25, 0.3) is 12.2 Å². The van der Waals surface area contributed by atoms with Crippen molar-refractivity contribution < 1.29 is 42.5 Å². The van der Waals surface area contributed by atoms with Crippen molar-refractivity contribution in [1.29, 1.82) is 0 Å². The van der Waals surface area contributed by atoms with Crippen molar-refractivity contribution in [2.45, 2.75) is 18.6 Å². The van der Waals surface area contributed by atoms with E-state index in [9.17, 15) is 13.0 Å². The van der Waals surface area contributed by atoms with Gasteiger partial charge in [0.15, 0.2) is 0 Å². The summed E-state index contributed by atoms with van der Waals surface area (Å²) in [5.74, 6) is 0. The molecule has 1 unspecified atom stereocenters. The Morgan fingerprint density at radius 1 is 1.60 bits per heavy atom. The van der Waals surface area contributed by atoms with Crippen molar-refractivity contribution in [3.63, 3.8) is 0 Å². The molecule has 76 valence electrons. The van der Waals surface area contributed by atoms with Crippen LogP contribution in [0, 0.1) is 6.92 Å². The molecule has 0 amide bonds. The van der Waals surface area contributed by atoms with Crippen LogP contribution in [0.1, 0.15) is 11.4 Å². The molecule has 0 saturated heterocycles. The number of hydrogen-bond donors (Lipinski definition) is 0. The molecule has 0 N–H and O–H groups in total. The van der Waals surface area contributed by atoms with E-state index < -0.39 is 15.4 Å². The number of aromatic nitrogens is 1. The van der Waals surface area contributed by atoms with Crippen molar-refractivity contribution in [3.05, 3.63) is 14.9 Å². The van der Waals surface area contributed by atoms with Gasteiger partial charge in [-0.05, 0) is 19.4 Å². The fourth-order valence-electron chi connectivity index (χ4n) is 1.39. The predicted octanol–water partition coefficient (Wildman–Crippen LogP) is -3.67. The van der Waals surface area contributed by atoms with Crippen molar-refractivity contribution in [2.24, 2.45) is 0 Å². The Hall–Kier alpha value is 0.280. The van der Waals surface area contributed by atoms with Gasteiger partial charge in [-0.15, -0.1) is 11.3 Å². The monoisotopic (exact) mass is 253 g/mol. The Morgan fingerprint density at radius 2 is 2.27 bits per heavy atom. The van der Waals surface area contributed by atoms with Gasteiger partial charge in [0.2, 0.25) is 0 Å². The summed E-state index contributed by atoms with van der Waals surface area (Å²) in [6.07, 6.45) is 3.45. The van der Waals surface area contributed by atoms with Crippen LogP contribution in [0.2, 0.25) is 0 Å². The van der Waals surface area contributed by atoms with Crippen LogP contribution in [-0.2, 0) is 10.1 Å². The van der Waals surface area contributed by atoms with Crippen LogP contribution in [-0.4, -0.2) is 23.2 Å². The van der Waals surface area contributed by atoms with Gasteiger partial charge >= 0.3 is 29.6 Å². The topological polar surface area (TPSA) is 70.1 Å². The fourth-order valence-corrected chi connectivity index (χ4v) is 3.04. The summed E-state index contributed by atoms with van der Waals surface area (Å²) in [6, 6.07) is 0. The standard InChI is InChI=1S/C8H9NO3S2.Na/c1-5-9-7-3-2-6(14(10,11)12)4-8(7)13-5;/h3-4,6H,2H2,1H3,(H,10,11,12);/q;+1/p-1. The molecule has 4 nitrogen and oxygen atoms in total. The van der Waals surface area contributed by atoms with Crippen LogP contribution in [0.4, 0.5) is 0 Å². The van der Waals surface area contributed by atoms with Gasteiger partial charge in [-0.2, -0.15) is 0 Å². The van der Waals surface area contributed by atoms with Gasteiger partial charge in [0, 0.05) is 0 Å². The van der Waals surface area contributed by atoms with Crippen LogP contribution < -0.4 is 39.4 Å². The Balaban J connectivity index is 0.00000112. The van der Waals surface area contributed by atoms with Crippen LogP contribution in [0.3, 0.4) is 0 Å². The first-order chi connectivity index (χ1) is 6.47. The van der Waals surface area contributed by atoms with Crippen LogP contribution >= 0.6 is 11.3 Å². The van der Waals surface area contributed by atoms with E-state index >= 15 is 0 Å². The third kappa shape index (κ3) is 2.89. The molecule has 2 rings (SSSR count). The number of nitrogens with zero attached hydrogens (tertiary/aromatic N) is 1. The van der Waals surface area contributed by atoms with Gasteiger partial charge in [-0.25, -0.2) is 13.4 Å². The van der Waals surface area contributed by atoms with E-state index in [1.165, 1.54) is 17.4 Å². The molecule has 1 heterocycles. The quantitative estimate of drug-likeness (QED) is 0.382. The van der Waals surface area contributed by atoms with Gasteiger partial charge in [0.25, 0.3) is 0 Å². The summed E-state index contributed by atoms with van der Waals surface area (Å²) in [5.41, 5.74) is 0. The molecule has 7 heteroatoms. The smallest absolute Gasteiger partial charge is 0.747 e. The number of rotatable bonds is 1. The Bertz CT molecular complexity index is 576. The summed E-state index contributed by atoms with van der Waals surface area (Å²) in [4.78, 5) is 4.20. The maximum absolute atomic E-state index is 10.8. The second-order valence-corrected chi connectivity index (χ2v) is 5.95. The third-order valence-electron chi connectivity index (χ3n) is 2.04. The van der Waals surface area contributed by atoms with Crippen LogP contribution in [0.5, 0.6) is 0 Å². The molecule has 15 heavy (non-hydrogen) atoms. The summed E-state index contributed by atoms with van der Waals surface area (Å²) in [7, 11) is -4.22. The summed E-state index contributed by atoms with van der Waals surface area (Å²) in [6.45, 7) is 1.85. The van der Waals surface area contributed by atoms with E-state index in [0.717, 1.165) is 14.9 Å². The van der Waals surface area contributed by atoms with Gasteiger partial charge < -0.3 is 4.55 Å². The molecular formula is C8H8NNaO3S2. The zero-order valence-corrected chi connectivity index (χ0v) is 12.1. The normalized spacial score (nSPS) is 19.5. The largest absolute Gasteiger partial charge is 1.00 e. The molecule has 1 aromatic rings. The number of hydrogen-bond acceptors (Lipinski definition) is 5. The van der Waals surface area contributed by atoms with E-state index in [1.807, 2.05) is 6.92 Å². The average Bonchev–Trinajstić information content (AvgIpc) is 2.41. The molecule has 0 spiro atoms. The molecule has 1 aliphatic carbocycles. The Morgan fingerprint density at radius 3 is 2.87 bits per heavy atom. The molecule has 1 aliphatic rings. The second kappa shape index (κ2) is 4.65. The first-order valence-electron chi connectivity index (χ1n) is 4.07. The number of aryl methyl sites for hydroxylation is 1. The number of fused-ring (bicyclic) bond motifs is 1. The molecule has 0 radical (unpaired) electrons. The summed E-state index contributed by atoms with van der Waals surface area (Å²) < 4.78 is 33.1. The zero-order chi connectivity index (χ0) is 10.3. The molecule has 0 aliphatic heterocycles. The van der Waals surface area contributed by atoms with E-state index in [2.05, 4.69) is 4.98 Å². The van der Waals surface area contributed by atoms with Crippen molar-refractivity contribution in [2.75, 3.05) is 0 Å². The molecule has 0 aromatic carbocycles. The van der Waals surface area contributed by atoms with E-state index in [1.54, 1.807) is 6.08 Å². The minimum absolute atomic E-state index is 0. The predicted molar refractivity (Wildman–Crippen MR) is 53.1 cm³/mol. The summed E-state index contributed by atoms with van der Waals surface area (Å²) in [5, 5.41) is 0.758. The van der Waals surface area contributed by atoms with E-state index in [4.69, 9.17) is 0 Å². The van der Waals surface area contributed by atoms with Gasteiger partial charge in [-0.1, -0.05) is 6.08 Å². The Labute approximate surface area is 114 Å². The second-order valence-electron chi connectivity index (χ2n) is 3.12. The minimum atomic E-state index is -4.22. The summed E-state index contributed by atoms with van der Waals surface area (Å²) >= 11 is 1.41. The van der Waals surface area contributed by atoms with Gasteiger partial charge in [0.05, 0.1) is 20.1 Å². The first kappa shape index (κ1) is 13.3. The molecule has 1 aromatic heterocycles. The van der Waals surface area contributed by atoms with Gasteiger partial charge in [-0.3, -0.25) is 0 Å². The third-order valence-corrected chi connectivity index (χ3v) is 4.06. The molecule has 1 atom stereocenters. The molecule has 0 saturated carbocycles. The number of thiazole rings is 1. The first-order valence-corrected chi connectivity index (χ1v) is 6.36. The SMILES string of the molecule is Cc1nc2c(s1)=CC(S(=O)(=O)[O-])CC=2.[Na+]. The molecule has 0 fully saturated rings. The maximum Gasteiger partial charge on any atom is 1.00 e. The van der Waals surface area contributed by atoms with E-state index in [-0.39, 0.29) is 36.0 Å². The minimum Gasteiger partial charge on any atom is -0.747 e.